The summed E-state index contributed by atoms with van der Waals surface area (Å²) in [6, 6.07) is 19.1. The first-order chi connectivity index (χ1) is 13.9. The Labute approximate surface area is 171 Å². The lowest BCUT2D eigenvalue weighted by Gasteiger charge is -2.37. The Kier molecular flexibility index (Phi) is 8.43. The zero-order valence-corrected chi connectivity index (χ0v) is 16.7. The van der Waals surface area contributed by atoms with E-state index >= 15 is 0 Å². The van der Waals surface area contributed by atoms with Crippen molar-refractivity contribution in [1.82, 2.24) is 4.90 Å². The molecule has 0 radical (unpaired) electrons. The molecule has 154 valence electrons. The van der Waals surface area contributed by atoms with E-state index in [2.05, 4.69) is 73.5 Å². The van der Waals surface area contributed by atoms with E-state index in [1.807, 2.05) is 0 Å². The first kappa shape index (κ1) is 22.2. The highest BCUT2D eigenvalue weighted by atomic mass is 16.5. The highest BCUT2D eigenvalue weighted by molar-refractivity contribution is 5.89. The fraction of sp³-hybridized carbons (Fsp3) is 0.304. The van der Waals surface area contributed by atoms with Crippen molar-refractivity contribution in [2.45, 2.75) is 25.4 Å². The number of benzene rings is 2. The molecule has 0 amide bonds. The van der Waals surface area contributed by atoms with Crippen LogP contribution in [0.2, 0.25) is 0 Å². The Morgan fingerprint density at radius 3 is 2.17 bits per heavy atom. The molecule has 0 unspecified atom stereocenters. The molecule has 2 N–H and O–H groups in total. The number of aliphatic carboxylic acids is 2. The standard InChI is InChI=1S/C19H23NO.C4H4O4/c1-15-8-6-7-11-18(15)21-19-12-13-20(2)14-17(19)16-9-4-3-5-10-16;5-3(6)1-2-4(7)8/h3-11,17,19H,12-14H2,1-2H3;1-2H,(H,5,6)(H,7,8)/t17-,19-;/m0./s1. The number of aryl methyl sites for hydroxylation is 1. The van der Waals surface area contributed by atoms with Gasteiger partial charge in [-0.3, -0.25) is 0 Å². The summed E-state index contributed by atoms with van der Waals surface area (Å²) in [5.41, 5.74) is 2.59. The third-order valence-corrected chi connectivity index (χ3v) is 4.72. The lowest BCUT2D eigenvalue weighted by atomic mass is 9.88. The SMILES string of the molecule is Cc1ccccc1O[C@H]1CCN(C)C[C@H]1c1ccccc1.O=C(O)C=CC(=O)O. The first-order valence-electron chi connectivity index (χ1n) is 9.46. The van der Waals surface area contributed by atoms with E-state index in [0.29, 0.717) is 18.1 Å². The Hall–Kier alpha value is -3.12. The molecule has 0 aromatic heterocycles. The van der Waals surface area contributed by atoms with Gasteiger partial charge >= 0.3 is 11.9 Å². The quantitative estimate of drug-likeness (QED) is 0.750. The Bertz CT molecular complexity index is 818. The third kappa shape index (κ3) is 7.43. The average molecular weight is 397 g/mol. The molecule has 29 heavy (non-hydrogen) atoms. The predicted molar refractivity (Wildman–Crippen MR) is 111 cm³/mol. The third-order valence-electron chi connectivity index (χ3n) is 4.72. The molecule has 2 atom stereocenters. The van der Waals surface area contributed by atoms with E-state index in [-0.39, 0.29) is 6.10 Å². The minimum atomic E-state index is -1.26. The second-order valence-corrected chi connectivity index (χ2v) is 7.00. The number of likely N-dealkylation sites (N-methyl/N-ethyl adjacent to an activating group) is 1. The highest BCUT2D eigenvalue weighted by Gasteiger charge is 2.30. The molecular formula is C23H27NO5. The van der Waals surface area contributed by atoms with Crippen molar-refractivity contribution in [2.24, 2.45) is 0 Å². The summed E-state index contributed by atoms with van der Waals surface area (Å²) in [6.07, 6.45) is 2.44. The molecule has 1 fully saturated rings. The number of rotatable bonds is 5. The van der Waals surface area contributed by atoms with Gasteiger partial charge in [0, 0.05) is 31.2 Å². The average Bonchev–Trinajstić information content (AvgIpc) is 2.70. The zero-order valence-electron chi connectivity index (χ0n) is 16.7. The van der Waals surface area contributed by atoms with Crippen LogP contribution < -0.4 is 4.74 Å². The van der Waals surface area contributed by atoms with Gasteiger partial charge in [0.1, 0.15) is 11.9 Å². The molecule has 6 nitrogen and oxygen atoms in total. The molecule has 1 aliphatic heterocycles. The van der Waals surface area contributed by atoms with Crippen LogP contribution in [0.3, 0.4) is 0 Å². The minimum absolute atomic E-state index is 0.254. The second kappa shape index (κ2) is 11.0. The van der Waals surface area contributed by atoms with Crippen molar-refractivity contribution < 1.29 is 24.5 Å². The Morgan fingerprint density at radius 2 is 1.59 bits per heavy atom. The minimum Gasteiger partial charge on any atom is -0.489 e. The maximum Gasteiger partial charge on any atom is 0.328 e. The van der Waals surface area contributed by atoms with Crippen LogP contribution in [-0.4, -0.2) is 53.3 Å². The van der Waals surface area contributed by atoms with E-state index in [9.17, 15) is 9.59 Å². The Morgan fingerprint density at radius 1 is 1.00 bits per heavy atom. The van der Waals surface area contributed by atoms with Gasteiger partial charge in [0.25, 0.3) is 0 Å². The lowest BCUT2D eigenvalue weighted by Crippen LogP contribution is -2.42. The largest absolute Gasteiger partial charge is 0.489 e. The maximum atomic E-state index is 9.55. The lowest BCUT2D eigenvalue weighted by molar-refractivity contribution is -0.134. The van der Waals surface area contributed by atoms with Crippen LogP contribution in [0.25, 0.3) is 0 Å². The van der Waals surface area contributed by atoms with Crippen LogP contribution in [-0.2, 0) is 9.59 Å². The monoisotopic (exact) mass is 397 g/mol. The zero-order chi connectivity index (χ0) is 21.2. The number of hydrogen-bond donors (Lipinski definition) is 2. The van der Waals surface area contributed by atoms with Gasteiger partial charge in [-0.2, -0.15) is 0 Å². The first-order valence-corrected chi connectivity index (χ1v) is 9.46. The van der Waals surface area contributed by atoms with Crippen LogP contribution in [0.5, 0.6) is 5.75 Å². The molecule has 2 aromatic rings. The van der Waals surface area contributed by atoms with Crippen LogP contribution in [0.4, 0.5) is 0 Å². The van der Waals surface area contributed by atoms with E-state index in [1.165, 1.54) is 11.1 Å². The molecule has 0 aliphatic carbocycles. The highest BCUT2D eigenvalue weighted by Crippen LogP contribution is 2.31. The molecule has 1 heterocycles. The summed E-state index contributed by atoms with van der Waals surface area (Å²) >= 11 is 0. The molecule has 0 bridgehead atoms. The van der Waals surface area contributed by atoms with E-state index in [4.69, 9.17) is 14.9 Å². The number of para-hydroxylation sites is 1. The topological polar surface area (TPSA) is 87.1 Å². The number of hydrogen-bond acceptors (Lipinski definition) is 4. The molecule has 1 aliphatic rings. The summed E-state index contributed by atoms with van der Waals surface area (Å²) < 4.78 is 6.37. The molecule has 0 spiro atoms. The summed E-state index contributed by atoms with van der Waals surface area (Å²) in [4.78, 5) is 21.5. The van der Waals surface area contributed by atoms with Crippen LogP contribution in [0.15, 0.2) is 66.7 Å². The van der Waals surface area contributed by atoms with Gasteiger partial charge in [-0.25, -0.2) is 9.59 Å². The molecule has 3 rings (SSSR count). The Balaban J connectivity index is 0.000000321. The van der Waals surface area contributed by atoms with Crippen molar-refractivity contribution in [3.05, 3.63) is 77.9 Å². The van der Waals surface area contributed by atoms with Gasteiger partial charge in [-0.15, -0.1) is 0 Å². The predicted octanol–water partition coefficient (Wildman–Crippen LogP) is 3.57. The van der Waals surface area contributed by atoms with Gasteiger partial charge in [0.2, 0.25) is 0 Å². The summed E-state index contributed by atoms with van der Waals surface area (Å²) in [7, 11) is 2.19. The van der Waals surface area contributed by atoms with Crippen molar-refractivity contribution >= 4 is 11.9 Å². The molecule has 2 aromatic carbocycles. The van der Waals surface area contributed by atoms with Gasteiger partial charge < -0.3 is 19.8 Å². The number of nitrogens with zero attached hydrogens (tertiary/aromatic N) is 1. The summed E-state index contributed by atoms with van der Waals surface area (Å²) in [5.74, 6) is -1.06. The van der Waals surface area contributed by atoms with Crippen LogP contribution >= 0.6 is 0 Å². The van der Waals surface area contributed by atoms with Crippen LogP contribution in [0, 0.1) is 6.92 Å². The van der Waals surface area contributed by atoms with Gasteiger partial charge in [0.05, 0.1) is 0 Å². The normalized spacial score (nSPS) is 19.2. The van der Waals surface area contributed by atoms with Crippen molar-refractivity contribution in [3.63, 3.8) is 0 Å². The smallest absolute Gasteiger partial charge is 0.328 e. The van der Waals surface area contributed by atoms with Gasteiger partial charge in [-0.05, 0) is 37.6 Å². The van der Waals surface area contributed by atoms with Gasteiger partial charge in [0.15, 0.2) is 0 Å². The second-order valence-electron chi connectivity index (χ2n) is 7.00. The van der Waals surface area contributed by atoms with Crippen molar-refractivity contribution in [2.75, 3.05) is 20.1 Å². The number of carboxylic acid groups (broad SMARTS) is 2. The number of ether oxygens (including phenoxy) is 1. The summed E-state index contributed by atoms with van der Waals surface area (Å²) in [6.45, 7) is 4.27. The number of carbonyl (C=O) groups is 2. The molecular weight excluding hydrogens is 370 g/mol. The number of carboxylic acids is 2. The number of likely N-dealkylation sites (tertiary alicyclic amines) is 1. The molecule has 6 heteroatoms. The van der Waals surface area contributed by atoms with Gasteiger partial charge in [-0.1, -0.05) is 48.5 Å². The van der Waals surface area contributed by atoms with Crippen molar-refractivity contribution in [1.29, 1.82) is 0 Å². The maximum absolute atomic E-state index is 9.55. The molecule has 0 saturated carbocycles. The molecule has 1 saturated heterocycles. The fourth-order valence-electron chi connectivity index (χ4n) is 3.25. The van der Waals surface area contributed by atoms with Crippen molar-refractivity contribution in [3.8, 4) is 5.75 Å². The van der Waals surface area contributed by atoms with E-state index in [0.717, 1.165) is 25.3 Å². The summed E-state index contributed by atoms with van der Waals surface area (Å²) in [5, 5.41) is 15.6. The van der Waals surface area contributed by atoms with E-state index < -0.39 is 11.9 Å². The fourth-order valence-corrected chi connectivity index (χ4v) is 3.25. The number of piperidine rings is 1. The van der Waals surface area contributed by atoms with Crippen LogP contribution in [0.1, 0.15) is 23.5 Å². The van der Waals surface area contributed by atoms with E-state index in [1.54, 1.807) is 0 Å².